The first-order chi connectivity index (χ1) is 10.5. The molecule has 4 nitrogen and oxygen atoms in total. The number of benzene rings is 2. The van der Waals surface area contributed by atoms with Gasteiger partial charge >= 0.3 is 0 Å². The molecule has 4 heteroatoms. The van der Waals surface area contributed by atoms with E-state index in [1.54, 1.807) is 38.3 Å². The summed E-state index contributed by atoms with van der Waals surface area (Å²) in [4.78, 5) is 12.2. The van der Waals surface area contributed by atoms with Gasteiger partial charge in [-0.05, 0) is 68.3 Å². The molecule has 2 aromatic carbocycles. The minimum absolute atomic E-state index is 0.181. The molecule has 1 unspecified atom stereocenters. The number of hydrogen-bond donors (Lipinski definition) is 1. The van der Waals surface area contributed by atoms with Crippen LogP contribution in [0.2, 0.25) is 0 Å². The van der Waals surface area contributed by atoms with E-state index in [0.29, 0.717) is 5.75 Å². The lowest BCUT2D eigenvalue weighted by atomic mass is 10.1. The monoisotopic (exact) mass is 299 g/mol. The average Bonchev–Trinajstić information content (AvgIpc) is 2.51. The molecule has 2 aromatic rings. The van der Waals surface area contributed by atoms with Gasteiger partial charge in [0, 0.05) is 5.69 Å². The maximum atomic E-state index is 12.2. The van der Waals surface area contributed by atoms with Crippen molar-refractivity contribution in [3.05, 3.63) is 53.6 Å². The van der Waals surface area contributed by atoms with Crippen molar-refractivity contribution < 1.29 is 14.3 Å². The van der Waals surface area contributed by atoms with Gasteiger partial charge in [0.2, 0.25) is 0 Å². The van der Waals surface area contributed by atoms with E-state index in [1.807, 2.05) is 32.0 Å². The van der Waals surface area contributed by atoms with Gasteiger partial charge in [0.15, 0.2) is 6.10 Å². The molecule has 0 spiro atoms. The predicted octanol–water partition coefficient (Wildman–Crippen LogP) is 3.72. The lowest BCUT2D eigenvalue weighted by molar-refractivity contribution is -0.122. The quantitative estimate of drug-likeness (QED) is 0.915. The average molecular weight is 299 g/mol. The lowest BCUT2D eigenvalue weighted by Gasteiger charge is -2.15. The molecule has 0 aliphatic heterocycles. The van der Waals surface area contributed by atoms with Crippen molar-refractivity contribution in [3.8, 4) is 11.5 Å². The van der Waals surface area contributed by atoms with E-state index in [1.165, 1.54) is 5.56 Å². The third-order valence-corrected chi connectivity index (χ3v) is 3.52. The summed E-state index contributed by atoms with van der Waals surface area (Å²) in [6.07, 6.45) is -0.588. The molecule has 22 heavy (non-hydrogen) atoms. The summed E-state index contributed by atoms with van der Waals surface area (Å²) in [5.74, 6) is 1.20. The van der Waals surface area contributed by atoms with Gasteiger partial charge in [-0.25, -0.2) is 0 Å². The largest absolute Gasteiger partial charge is 0.497 e. The molecule has 0 aliphatic carbocycles. The number of amides is 1. The summed E-state index contributed by atoms with van der Waals surface area (Å²) < 4.78 is 10.7. The highest BCUT2D eigenvalue weighted by atomic mass is 16.5. The minimum atomic E-state index is -0.588. The topological polar surface area (TPSA) is 47.6 Å². The molecular weight excluding hydrogens is 278 g/mol. The second-order valence-electron chi connectivity index (χ2n) is 5.22. The first-order valence-electron chi connectivity index (χ1n) is 7.18. The number of nitrogens with one attached hydrogen (secondary N) is 1. The van der Waals surface area contributed by atoms with Gasteiger partial charge in [0.05, 0.1) is 7.11 Å². The fourth-order valence-electron chi connectivity index (χ4n) is 1.98. The molecule has 116 valence electrons. The van der Waals surface area contributed by atoms with Crippen molar-refractivity contribution in [2.24, 2.45) is 0 Å². The zero-order valence-corrected chi connectivity index (χ0v) is 13.3. The summed E-state index contributed by atoms with van der Waals surface area (Å²) >= 11 is 0. The van der Waals surface area contributed by atoms with Gasteiger partial charge in [-0.2, -0.15) is 0 Å². The number of methoxy groups -OCH3 is 1. The number of carbonyl (C=O) groups is 1. The second-order valence-corrected chi connectivity index (χ2v) is 5.22. The number of anilines is 1. The third kappa shape index (κ3) is 4.01. The third-order valence-electron chi connectivity index (χ3n) is 3.52. The van der Waals surface area contributed by atoms with E-state index in [4.69, 9.17) is 9.47 Å². The van der Waals surface area contributed by atoms with Crippen molar-refractivity contribution in [1.82, 2.24) is 0 Å². The molecule has 0 radical (unpaired) electrons. The minimum Gasteiger partial charge on any atom is -0.497 e. The molecule has 2 rings (SSSR count). The molecule has 1 amide bonds. The highest BCUT2D eigenvalue weighted by molar-refractivity contribution is 5.94. The van der Waals surface area contributed by atoms with Crippen LogP contribution in [-0.2, 0) is 4.79 Å². The highest BCUT2D eigenvalue weighted by Gasteiger charge is 2.15. The number of carbonyl (C=O) groups excluding carboxylic acids is 1. The fraction of sp³-hybridized carbons (Fsp3) is 0.278. The Labute approximate surface area is 131 Å². The Kier molecular flexibility index (Phi) is 5.04. The molecule has 0 aliphatic rings. The fourth-order valence-corrected chi connectivity index (χ4v) is 1.98. The Morgan fingerprint density at radius 3 is 2.23 bits per heavy atom. The highest BCUT2D eigenvalue weighted by Crippen LogP contribution is 2.19. The van der Waals surface area contributed by atoms with E-state index in [0.717, 1.165) is 17.0 Å². The molecule has 0 aromatic heterocycles. The molecule has 0 saturated carbocycles. The van der Waals surface area contributed by atoms with Crippen LogP contribution in [0.5, 0.6) is 11.5 Å². The van der Waals surface area contributed by atoms with Crippen molar-refractivity contribution in [3.63, 3.8) is 0 Å². The van der Waals surface area contributed by atoms with E-state index in [-0.39, 0.29) is 5.91 Å². The Balaban J connectivity index is 1.97. The first kappa shape index (κ1) is 15.9. The van der Waals surface area contributed by atoms with Crippen molar-refractivity contribution in [2.75, 3.05) is 12.4 Å². The van der Waals surface area contributed by atoms with Gasteiger partial charge in [-0.15, -0.1) is 0 Å². The molecule has 0 fully saturated rings. The maximum absolute atomic E-state index is 12.2. The van der Waals surface area contributed by atoms with E-state index >= 15 is 0 Å². The normalized spacial score (nSPS) is 11.6. The second kappa shape index (κ2) is 6.98. The molecule has 0 saturated heterocycles. The summed E-state index contributed by atoms with van der Waals surface area (Å²) in [7, 11) is 1.61. The first-order valence-corrected chi connectivity index (χ1v) is 7.18. The number of hydrogen-bond acceptors (Lipinski definition) is 3. The Bertz CT molecular complexity index is 650. The van der Waals surface area contributed by atoms with Gasteiger partial charge in [0.25, 0.3) is 5.91 Å². The van der Waals surface area contributed by atoms with E-state index < -0.39 is 6.10 Å². The van der Waals surface area contributed by atoms with Crippen LogP contribution in [-0.4, -0.2) is 19.1 Å². The maximum Gasteiger partial charge on any atom is 0.265 e. The van der Waals surface area contributed by atoms with Gasteiger partial charge in [-0.1, -0.05) is 6.07 Å². The SMILES string of the molecule is COc1ccc(OC(C)C(=O)Nc2ccc(C)c(C)c2)cc1. The number of aryl methyl sites for hydroxylation is 2. The van der Waals surface area contributed by atoms with Gasteiger partial charge in [0.1, 0.15) is 11.5 Å². The van der Waals surface area contributed by atoms with Crippen LogP contribution in [0.3, 0.4) is 0 Å². The van der Waals surface area contributed by atoms with Gasteiger partial charge < -0.3 is 14.8 Å². The zero-order valence-electron chi connectivity index (χ0n) is 13.3. The summed E-state index contributed by atoms with van der Waals surface area (Å²) in [5, 5.41) is 2.86. The summed E-state index contributed by atoms with van der Waals surface area (Å²) in [5.41, 5.74) is 3.11. The molecule has 0 heterocycles. The number of rotatable bonds is 5. The van der Waals surface area contributed by atoms with Crippen LogP contribution < -0.4 is 14.8 Å². The Morgan fingerprint density at radius 1 is 1.00 bits per heavy atom. The zero-order chi connectivity index (χ0) is 16.1. The Morgan fingerprint density at radius 2 is 1.64 bits per heavy atom. The Hall–Kier alpha value is -2.49. The van der Waals surface area contributed by atoms with Crippen LogP contribution in [0.1, 0.15) is 18.1 Å². The summed E-state index contributed by atoms with van der Waals surface area (Å²) in [6.45, 7) is 5.78. The van der Waals surface area contributed by atoms with Crippen molar-refractivity contribution >= 4 is 11.6 Å². The van der Waals surface area contributed by atoms with E-state index in [2.05, 4.69) is 5.32 Å². The van der Waals surface area contributed by atoms with Crippen LogP contribution in [0, 0.1) is 13.8 Å². The predicted molar refractivity (Wildman–Crippen MR) is 87.6 cm³/mol. The van der Waals surface area contributed by atoms with Crippen molar-refractivity contribution in [1.29, 1.82) is 0 Å². The van der Waals surface area contributed by atoms with Crippen LogP contribution in [0.4, 0.5) is 5.69 Å². The van der Waals surface area contributed by atoms with Crippen LogP contribution >= 0.6 is 0 Å². The standard InChI is InChI=1S/C18H21NO3/c1-12-5-6-15(11-13(12)2)19-18(20)14(3)22-17-9-7-16(21-4)8-10-17/h5-11,14H,1-4H3,(H,19,20). The van der Waals surface area contributed by atoms with Gasteiger partial charge in [-0.3, -0.25) is 4.79 Å². The smallest absolute Gasteiger partial charge is 0.265 e. The molecule has 0 bridgehead atoms. The molecule has 1 N–H and O–H groups in total. The molecular formula is C18H21NO3. The van der Waals surface area contributed by atoms with E-state index in [9.17, 15) is 4.79 Å². The number of ether oxygens (including phenoxy) is 2. The lowest BCUT2D eigenvalue weighted by Crippen LogP contribution is -2.30. The summed E-state index contributed by atoms with van der Waals surface area (Å²) in [6, 6.07) is 13.0. The van der Waals surface area contributed by atoms with Crippen molar-refractivity contribution in [2.45, 2.75) is 26.9 Å². The van der Waals surface area contributed by atoms with Crippen LogP contribution in [0.25, 0.3) is 0 Å². The molecule has 1 atom stereocenters. The van der Waals surface area contributed by atoms with Crippen LogP contribution in [0.15, 0.2) is 42.5 Å².